The molecule has 1 rings (SSSR count). The van der Waals surface area contributed by atoms with E-state index in [1.807, 2.05) is 0 Å². The van der Waals surface area contributed by atoms with Crippen LogP contribution in [0.3, 0.4) is 0 Å². The summed E-state index contributed by atoms with van der Waals surface area (Å²) in [5, 5.41) is 0. The van der Waals surface area contributed by atoms with Gasteiger partial charge in [-0.2, -0.15) is 0 Å². The van der Waals surface area contributed by atoms with Gasteiger partial charge in [0.15, 0.2) is 0 Å². The van der Waals surface area contributed by atoms with E-state index in [1.165, 1.54) is 57.8 Å². The summed E-state index contributed by atoms with van der Waals surface area (Å²) in [6.07, 6.45) is 21.8. The van der Waals surface area contributed by atoms with Crippen LogP contribution in [0.5, 0.6) is 0 Å². The fourth-order valence-electron chi connectivity index (χ4n) is 5.82. The van der Waals surface area contributed by atoms with Crippen molar-refractivity contribution in [3.63, 3.8) is 0 Å². The van der Waals surface area contributed by atoms with Crippen molar-refractivity contribution in [1.29, 1.82) is 0 Å². The van der Waals surface area contributed by atoms with E-state index in [1.54, 1.807) is 0 Å². The highest BCUT2D eigenvalue weighted by Crippen LogP contribution is 2.09. The van der Waals surface area contributed by atoms with Crippen LogP contribution >= 0.6 is 0 Å². The van der Waals surface area contributed by atoms with Gasteiger partial charge < -0.3 is 14.2 Å². The lowest BCUT2D eigenvalue weighted by molar-refractivity contribution is -0.144. The van der Waals surface area contributed by atoms with Crippen LogP contribution in [-0.4, -0.2) is 51.4 Å². The maximum atomic E-state index is 13.3. The number of ether oxygens (including phenoxy) is 3. The molecule has 0 aromatic carbocycles. The highest BCUT2D eigenvalue weighted by atomic mass is 16.5. The van der Waals surface area contributed by atoms with Crippen molar-refractivity contribution in [2.45, 2.75) is 195 Å². The van der Waals surface area contributed by atoms with Crippen LogP contribution in [0.15, 0.2) is 14.4 Å². The lowest BCUT2D eigenvalue weighted by Crippen LogP contribution is -2.55. The number of hydrogen-bond donors (Lipinski definition) is 0. The van der Waals surface area contributed by atoms with Gasteiger partial charge in [0.1, 0.15) is 0 Å². The number of esters is 3. The minimum atomic E-state index is -0.928. The smallest absolute Gasteiger partial charge is 0.336 e. The highest BCUT2D eigenvalue weighted by molar-refractivity contribution is 5.70. The largest absolute Gasteiger partial charge is 0.466 e. The monoisotopic (exact) mass is 724 g/mol. The molecule has 12 heteroatoms. The number of carbonyl (C=O) groups is 3. The fourth-order valence-corrected chi connectivity index (χ4v) is 5.82. The quantitative estimate of drug-likeness (QED) is 0.0417. The van der Waals surface area contributed by atoms with Crippen molar-refractivity contribution in [1.82, 2.24) is 13.7 Å². The van der Waals surface area contributed by atoms with Crippen molar-refractivity contribution >= 4 is 17.9 Å². The minimum Gasteiger partial charge on any atom is -0.466 e. The SMILES string of the molecule is CCCCCCCCCOC(=O)CCn1c(=O)n(CCC(=O)OCCCCCCCCC)c(=O)n(CCC(=O)OCCCCCCCCC)c1=O. The van der Waals surface area contributed by atoms with Crippen molar-refractivity contribution in [3.05, 3.63) is 31.5 Å². The van der Waals surface area contributed by atoms with Crippen LogP contribution in [0.1, 0.15) is 175 Å². The Hall–Kier alpha value is -3.18. The predicted octanol–water partition coefficient (Wildman–Crippen LogP) is 7.22. The van der Waals surface area contributed by atoms with Gasteiger partial charge in [-0.1, -0.05) is 136 Å². The molecule has 12 nitrogen and oxygen atoms in total. The van der Waals surface area contributed by atoms with Gasteiger partial charge in [0.25, 0.3) is 0 Å². The number of nitrogens with zero attached hydrogens (tertiary/aromatic N) is 3. The third kappa shape index (κ3) is 21.7. The highest BCUT2D eigenvalue weighted by Gasteiger charge is 2.19. The van der Waals surface area contributed by atoms with Gasteiger partial charge >= 0.3 is 35.0 Å². The molecule has 0 amide bonds. The van der Waals surface area contributed by atoms with E-state index < -0.39 is 35.0 Å². The van der Waals surface area contributed by atoms with Crippen molar-refractivity contribution < 1.29 is 28.6 Å². The van der Waals surface area contributed by atoms with Crippen LogP contribution in [0, 0.1) is 0 Å². The minimum absolute atomic E-state index is 0.245. The van der Waals surface area contributed by atoms with Crippen molar-refractivity contribution in [3.8, 4) is 0 Å². The number of rotatable bonds is 33. The van der Waals surface area contributed by atoms with Gasteiger partial charge in [0.05, 0.1) is 39.1 Å². The molecule has 0 aliphatic carbocycles. The molecule has 0 unspecified atom stereocenters. The fraction of sp³-hybridized carbons (Fsp3) is 0.846. The Balaban J connectivity index is 2.83. The summed E-state index contributed by atoms with van der Waals surface area (Å²) in [5.41, 5.74) is -2.78. The molecule has 0 radical (unpaired) electrons. The van der Waals surface area contributed by atoms with Crippen LogP contribution < -0.4 is 17.1 Å². The Labute approximate surface area is 305 Å². The zero-order chi connectivity index (χ0) is 37.5. The molecular weight excluding hydrogens is 654 g/mol. The topological polar surface area (TPSA) is 145 Å². The van der Waals surface area contributed by atoms with E-state index in [2.05, 4.69) is 20.8 Å². The molecule has 0 aliphatic rings. The summed E-state index contributed by atoms with van der Waals surface area (Å²) in [5.74, 6) is -1.67. The first-order valence-corrected chi connectivity index (χ1v) is 20.2. The van der Waals surface area contributed by atoms with Crippen LogP contribution in [0.4, 0.5) is 0 Å². The molecule has 0 spiro atoms. The Morgan fingerprint density at radius 3 is 0.824 bits per heavy atom. The Bertz CT molecular complexity index is 1090. The van der Waals surface area contributed by atoms with Crippen LogP contribution in [-0.2, 0) is 48.2 Å². The second-order valence-corrected chi connectivity index (χ2v) is 13.6. The van der Waals surface area contributed by atoms with Gasteiger partial charge in [0.2, 0.25) is 0 Å². The standard InChI is InChI=1S/C39H69N3O9/c1-4-7-10-13-16-19-22-31-49-34(43)25-28-40-37(46)41(29-26-35(44)50-32-23-20-17-14-11-8-5-2)39(48)42(38(40)47)30-27-36(45)51-33-24-21-18-15-12-9-6-3/h4-33H2,1-3H3. The number of hydrogen-bond acceptors (Lipinski definition) is 9. The summed E-state index contributed by atoms with van der Waals surface area (Å²) in [6.45, 7) is 6.36. The van der Waals surface area contributed by atoms with Gasteiger partial charge in [0, 0.05) is 19.6 Å². The predicted molar refractivity (Wildman–Crippen MR) is 200 cm³/mol. The molecule has 1 aromatic rings. The summed E-state index contributed by atoms with van der Waals surface area (Å²) in [7, 11) is 0. The molecule has 1 aromatic heterocycles. The Morgan fingerprint density at radius 1 is 0.373 bits per heavy atom. The molecule has 0 saturated carbocycles. The lowest BCUT2D eigenvalue weighted by Gasteiger charge is -2.14. The van der Waals surface area contributed by atoms with E-state index in [9.17, 15) is 28.8 Å². The third-order valence-electron chi connectivity index (χ3n) is 9.04. The second-order valence-electron chi connectivity index (χ2n) is 13.6. The summed E-state index contributed by atoms with van der Waals surface area (Å²) in [6, 6.07) is 0. The zero-order valence-corrected chi connectivity index (χ0v) is 32.2. The van der Waals surface area contributed by atoms with E-state index in [-0.39, 0.29) is 58.7 Å². The molecular formula is C39H69N3O9. The first-order valence-electron chi connectivity index (χ1n) is 20.2. The molecule has 294 valence electrons. The summed E-state index contributed by atoms with van der Waals surface area (Å²) >= 11 is 0. The zero-order valence-electron chi connectivity index (χ0n) is 32.2. The first kappa shape index (κ1) is 45.8. The van der Waals surface area contributed by atoms with E-state index in [0.717, 1.165) is 90.8 Å². The van der Waals surface area contributed by atoms with Crippen LogP contribution in [0.2, 0.25) is 0 Å². The first-order chi connectivity index (χ1) is 24.8. The molecule has 0 bridgehead atoms. The van der Waals surface area contributed by atoms with Gasteiger partial charge in [-0.25, -0.2) is 28.1 Å². The van der Waals surface area contributed by atoms with E-state index in [0.29, 0.717) is 0 Å². The lowest BCUT2D eigenvalue weighted by atomic mass is 10.1. The Kier molecular flexibility index (Phi) is 27.4. The van der Waals surface area contributed by atoms with Crippen LogP contribution in [0.25, 0.3) is 0 Å². The van der Waals surface area contributed by atoms with E-state index in [4.69, 9.17) is 14.2 Å². The van der Waals surface area contributed by atoms with Crippen molar-refractivity contribution in [2.75, 3.05) is 19.8 Å². The number of carbonyl (C=O) groups excluding carboxylic acids is 3. The maximum absolute atomic E-state index is 13.3. The molecule has 0 atom stereocenters. The number of unbranched alkanes of at least 4 members (excludes halogenated alkanes) is 18. The number of aromatic nitrogens is 3. The average Bonchev–Trinajstić information content (AvgIpc) is 3.11. The van der Waals surface area contributed by atoms with Crippen molar-refractivity contribution in [2.24, 2.45) is 0 Å². The summed E-state index contributed by atoms with van der Waals surface area (Å²) < 4.78 is 18.3. The molecule has 0 fully saturated rings. The van der Waals surface area contributed by atoms with Gasteiger partial charge in [-0.3, -0.25) is 14.4 Å². The van der Waals surface area contributed by atoms with Gasteiger partial charge in [-0.05, 0) is 19.3 Å². The normalized spacial score (nSPS) is 11.1. The van der Waals surface area contributed by atoms with E-state index >= 15 is 0 Å². The van der Waals surface area contributed by atoms with Gasteiger partial charge in [-0.15, -0.1) is 0 Å². The third-order valence-corrected chi connectivity index (χ3v) is 9.04. The second kappa shape index (κ2) is 30.4. The molecule has 0 aliphatic heterocycles. The Morgan fingerprint density at radius 2 is 0.588 bits per heavy atom. The molecule has 51 heavy (non-hydrogen) atoms. The maximum Gasteiger partial charge on any atom is 0.336 e. The average molecular weight is 724 g/mol. The molecule has 1 heterocycles. The molecule has 0 saturated heterocycles. The molecule has 0 N–H and O–H groups in total. The summed E-state index contributed by atoms with van der Waals surface area (Å²) in [4.78, 5) is 77.4.